The fraction of sp³-hybridized carbons (Fsp3) is 0.0370. The van der Waals surface area contributed by atoms with Gasteiger partial charge in [0.25, 0.3) is 0 Å². The predicted octanol–water partition coefficient (Wildman–Crippen LogP) is 6.70. The van der Waals surface area contributed by atoms with Crippen LogP contribution in [0.2, 0.25) is 0 Å². The minimum absolute atomic E-state index is 0.562. The van der Waals surface area contributed by atoms with E-state index in [-0.39, 0.29) is 0 Å². The quantitative estimate of drug-likeness (QED) is 0.305. The second kappa shape index (κ2) is 5.79. The molecule has 28 heavy (non-hydrogen) atoms. The van der Waals surface area contributed by atoms with Gasteiger partial charge >= 0.3 is 0 Å². The molecule has 6 rings (SSSR count). The Labute approximate surface area is 162 Å². The molecule has 0 bridgehead atoms. The first-order valence-electron chi connectivity index (χ1n) is 9.65. The summed E-state index contributed by atoms with van der Waals surface area (Å²) >= 11 is 0. The number of hydrogen-bond donors (Lipinski definition) is 1. The van der Waals surface area contributed by atoms with Gasteiger partial charge in [0.1, 0.15) is 0 Å². The molecule has 5 aromatic rings. The third-order valence-electron chi connectivity index (χ3n) is 5.90. The van der Waals surface area contributed by atoms with Crippen molar-refractivity contribution in [1.82, 2.24) is 0 Å². The van der Waals surface area contributed by atoms with Crippen molar-refractivity contribution in [3.63, 3.8) is 0 Å². The summed E-state index contributed by atoms with van der Waals surface area (Å²) in [5.41, 5.74) is 2.36. The molecule has 0 spiro atoms. The Balaban J connectivity index is 2.04. The maximum Gasteiger partial charge on any atom is 0.0909 e. The van der Waals surface area contributed by atoms with E-state index in [1.807, 2.05) is 12.2 Å². The van der Waals surface area contributed by atoms with E-state index in [4.69, 9.17) is 0 Å². The van der Waals surface area contributed by atoms with Crippen molar-refractivity contribution >= 4 is 55.2 Å². The lowest BCUT2D eigenvalue weighted by Crippen LogP contribution is -1.93. The Morgan fingerprint density at radius 3 is 1.50 bits per heavy atom. The van der Waals surface area contributed by atoms with Crippen LogP contribution in [-0.4, -0.2) is 11.2 Å². The standard InChI is InChI=1S/C27H18O/c28-17-13-15-21-20-9-3-6-12-24(20)26-22-10-4-1-7-18(22)19-8-2-5-11-23(19)27(26)25(21)16-14-17/h1-17,28H. The Morgan fingerprint density at radius 2 is 0.893 bits per heavy atom. The highest BCUT2D eigenvalue weighted by molar-refractivity contribution is 6.34. The molecule has 0 saturated heterocycles. The molecule has 1 aliphatic carbocycles. The van der Waals surface area contributed by atoms with Crippen LogP contribution in [0.25, 0.3) is 55.2 Å². The van der Waals surface area contributed by atoms with E-state index in [0.29, 0.717) is 0 Å². The number of fused-ring (bicyclic) bond motifs is 11. The Bertz CT molecular complexity index is 1460. The van der Waals surface area contributed by atoms with E-state index >= 15 is 0 Å². The van der Waals surface area contributed by atoms with Crippen LogP contribution in [0.5, 0.6) is 0 Å². The van der Waals surface area contributed by atoms with Gasteiger partial charge in [0.2, 0.25) is 0 Å². The molecule has 0 radical (unpaired) electrons. The molecular formula is C27H18O. The van der Waals surface area contributed by atoms with Crippen molar-refractivity contribution in [2.45, 2.75) is 6.10 Å². The number of hydrogen-bond acceptors (Lipinski definition) is 1. The lowest BCUT2D eigenvalue weighted by molar-refractivity contribution is 0.273. The largest absolute Gasteiger partial charge is 0.385 e. The summed E-state index contributed by atoms with van der Waals surface area (Å²) in [5.74, 6) is 0. The fourth-order valence-electron chi connectivity index (χ4n) is 4.72. The molecule has 5 aromatic carbocycles. The van der Waals surface area contributed by atoms with E-state index in [1.165, 1.54) is 54.2 Å². The maximum absolute atomic E-state index is 10.2. The molecule has 1 heteroatoms. The second-order valence-electron chi connectivity index (χ2n) is 7.42. The van der Waals surface area contributed by atoms with Crippen LogP contribution in [-0.2, 0) is 0 Å². The van der Waals surface area contributed by atoms with Crippen LogP contribution in [0.15, 0.2) is 84.9 Å². The minimum Gasteiger partial charge on any atom is -0.385 e. The third kappa shape index (κ3) is 2.05. The third-order valence-corrected chi connectivity index (χ3v) is 5.90. The molecule has 0 amide bonds. The summed E-state index contributed by atoms with van der Waals surface area (Å²) in [6, 6.07) is 26.0. The second-order valence-corrected chi connectivity index (χ2v) is 7.42. The van der Waals surface area contributed by atoms with Gasteiger partial charge < -0.3 is 5.11 Å². The van der Waals surface area contributed by atoms with Gasteiger partial charge in [-0.25, -0.2) is 0 Å². The van der Waals surface area contributed by atoms with Crippen molar-refractivity contribution in [2.75, 3.05) is 0 Å². The van der Waals surface area contributed by atoms with Gasteiger partial charge in [0.05, 0.1) is 6.10 Å². The van der Waals surface area contributed by atoms with Gasteiger partial charge in [0.15, 0.2) is 0 Å². The Morgan fingerprint density at radius 1 is 0.464 bits per heavy atom. The molecule has 0 aromatic heterocycles. The zero-order valence-corrected chi connectivity index (χ0v) is 15.3. The van der Waals surface area contributed by atoms with Crippen molar-refractivity contribution in [1.29, 1.82) is 0 Å². The van der Waals surface area contributed by atoms with Gasteiger partial charge in [-0.1, -0.05) is 97.1 Å². The van der Waals surface area contributed by atoms with Gasteiger partial charge in [-0.15, -0.1) is 0 Å². The van der Waals surface area contributed by atoms with Gasteiger partial charge in [-0.05, 0) is 54.2 Å². The lowest BCUT2D eigenvalue weighted by Gasteiger charge is -2.17. The zero-order chi connectivity index (χ0) is 18.7. The molecule has 132 valence electrons. The summed E-state index contributed by atoms with van der Waals surface area (Å²) in [6.07, 6.45) is 7.35. The van der Waals surface area contributed by atoms with E-state index in [1.54, 1.807) is 0 Å². The van der Waals surface area contributed by atoms with Gasteiger partial charge in [0, 0.05) is 0 Å². The monoisotopic (exact) mass is 358 g/mol. The highest BCUT2D eigenvalue weighted by Gasteiger charge is 2.18. The highest BCUT2D eigenvalue weighted by Crippen LogP contribution is 2.43. The van der Waals surface area contributed by atoms with Gasteiger partial charge in [-0.2, -0.15) is 0 Å². The molecule has 1 N–H and O–H groups in total. The average Bonchev–Trinajstić information content (AvgIpc) is 2.95. The fourth-order valence-corrected chi connectivity index (χ4v) is 4.72. The number of rotatable bonds is 0. The molecule has 1 aliphatic rings. The molecular weight excluding hydrogens is 340 g/mol. The first-order chi connectivity index (χ1) is 13.8. The molecule has 1 nitrogen and oxygen atoms in total. The number of aliphatic hydroxyl groups is 1. The maximum atomic E-state index is 10.2. The van der Waals surface area contributed by atoms with Crippen LogP contribution in [0.4, 0.5) is 0 Å². The summed E-state index contributed by atoms with van der Waals surface area (Å²) in [4.78, 5) is 0. The first-order valence-corrected chi connectivity index (χ1v) is 9.65. The van der Waals surface area contributed by atoms with Crippen molar-refractivity contribution in [2.24, 2.45) is 0 Å². The summed E-state index contributed by atoms with van der Waals surface area (Å²) < 4.78 is 0. The van der Waals surface area contributed by atoms with Crippen LogP contribution >= 0.6 is 0 Å². The summed E-state index contributed by atoms with van der Waals surface area (Å²) in [7, 11) is 0. The average molecular weight is 358 g/mol. The van der Waals surface area contributed by atoms with E-state index in [2.05, 4.69) is 84.9 Å². The van der Waals surface area contributed by atoms with Crippen LogP contribution in [0.1, 0.15) is 11.1 Å². The molecule has 1 unspecified atom stereocenters. The van der Waals surface area contributed by atoms with Crippen LogP contribution < -0.4 is 0 Å². The number of benzene rings is 5. The zero-order valence-electron chi connectivity index (χ0n) is 15.3. The normalized spacial score (nSPS) is 16.1. The smallest absolute Gasteiger partial charge is 0.0909 e. The van der Waals surface area contributed by atoms with E-state index in [0.717, 1.165) is 0 Å². The van der Waals surface area contributed by atoms with E-state index < -0.39 is 6.10 Å². The van der Waals surface area contributed by atoms with Crippen molar-refractivity contribution in [3.8, 4) is 0 Å². The minimum atomic E-state index is -0.562. The molecule has 0 heterocycles. The van der Waals surface area contributed by atoms with Gasteiger partial charge in [-0.3, -0.25) is 0 Å². The molecule has 0 saturated carbocycles. The molecule has 1 atom stereocenters. The Kier molecular flexibility index (Phi) is 3.23. The van der Waals surface area contributed by atoms with Crippen LogP contribution in [0.3, 0.4) is 0 Å². The molecule has 0 aliphatic heterocycles. The van der Waals surface area contributed by atoms with E-state index in [9.17, 15) is 5.11 Å². The SMILES string of the molecule is OC1C=Cc2c(c3c4ccccc4c4ccccc4c3c3ccccc23)C=C1. The van der Waals surface area contributed by atoms with Crippen LogP contribution in [0, 0.1) is 0 Å². The van der Waals surface area contributed by atoms with Crippen molar-refractivity contribution < 1.29 is 5.11 Å². The lowest BCUT2D eigenvalue weighted by atomic mass is 9.85. The summed E-state index contributed by atoms with van der Waals surface area (Å²) in [5, 5.41) is 20.3. The topological polar surface area (TPSA) is 20.2 Å². The highest BCUT2D eigenvalue weighted by atomic mass is 16.3. The first kappa shape index (κ1) is 15.6. The Hall–Kier alpha value is -3.42. The molecule has 0 fully saturated rings. The van der Waals surface area contributed by atoms with Crippen molar-refractivity contribution in [3.05, 3.63) is 96.1 Å². The number of aliphatic hydroxyl groups excluding tert-OH is 1. The summed E-state index contributed by atoms with van der Waals surface area (Å²) in [6.45, 7) is 0. The predicted molar refractivity (Wildman–Crippen MR) is 121 cm³/mol.